The van der Waals surface area contributed by atoms with Gasteiger partial charge >= 0.3 is 0 Å². The molecule has 1 unspecified atom stereocenters. The van der Waals surface area contributed by atoms with Crippen molar-refractivity contribution in [1.29, 1.82) is 0 Å². The summed E-state index contributed by atoms with van der Waals surface area (Å²) < 4.78 is 5.48. The maximum absolute atomic E-state index is 13.2. The Balaban J connectivity index is 1.81. The first-order chi connectivity index (χ1) is 16.4. The summed E-state index contributed by atoms with van der Waals surface area (Å²) in [6, 6.07) is 17.6. The Hall–Kier alpha value is -3.93. The predicted molar refractivity (Wildman–Crippen MR) is 130 cm³/mol. The van der Waals surface area contributed by atoms with Crippen molar-refractivity contribution >= 4 is 17.4 Å². The summed E-state index contributed by atoms with van der Waals surface area (Å²) in [5, 5.41) is 11.2. The number of nitrogens with zero attached hydrogens (tertiary/aromatic N) is 2. The summed E-state index contributed by atoms with van der Waals surface area (Å²) in [7, 11) is 0. The predicted octanol–water partition coefficient (Wildman–Crippen LogP) is 5.23. The summed E-state index contributed by atoms with van der Waals surface area (Å²) in [6.45, 7) is 6.83. The van der Waals surface area contributed by atoms with E-state index in [1.807, 2.05) is 37.3 Å². The molecule has 3 aromatic rings. The van der Waals surface area contributed by atoms with E-state index in [9.17, 15) is 14.7 Å². The molecule has 1 aliphatic heterocycles. The van der Waals surface area contributed by atoms with Crippen LogP contribution < -0.4 is 4.74 Å². The van der Waals surface area contributed by atoms with Gasteiger partial charge in [0.05, 0.1) is 18.2 Å². The maximum Gasteiger partial charge on any atom is 0.295 e. The van der Waals surface area contributed by atoms with Gasteiger partial charge in [0.15, 0.2) is 0 Å². The highest BCUT2D eigenvalue weighted by atomic mass is 16.5. The van der Waals surface area contributed by atoms with Crippen LogP contribution >= 0.6 is 0 Å². The standard InChI is InChI=1S/C28H28N2O4/c1-4-34-23-13-11-22(12-14-23)26(31)24-25(21-9-7-20(8-10-21)18(2)3)30(28(33)27(24)32)17-19-6-5-15-29-16-19/h5-16,18,25,31H,4,17H2,1-3H3. The van der Waals surface area contributed by atoms with Crippen LogP contribution in [0.3, 0.4) is 0 Å². The molecule has 1 aromatic heterocycles. The number of aliphatic hydroxyl groups is 1. The van der Waals surface area contributed by atoms with Gasteiger partial charge in [0.2, 0.25) is 0 Å². The van der Waals surface area contributed by atoms with Gasteiger partial charge in [-0.2, -0.15) is 0 Å². The molecule has 0 spiro atoms. The Bertz CT molecular complexity index is 1200. The molecule has 34 heavy (non-hydrogen) atoms. The zero-order chi connectivity index (χ0) is 24.2. The molecular formula is C28H28N2O4. The molecular weight excluding hydrogens is 428 g/mol. The number of benzene rings is 2. The second kappa shape index (κ2) is 9.91. The molecule has 6 heteroatoms. The molecule has 1 aliphatic rings. The minimum atomic E-state index is -0.715. The van der Waals surface area contributed by atoms with E-state index < -0.39 is 17.7 Å². The number of carbonyl (C=O) groups excluding carboxylic acids is 2. The number of hydrogen-bond acceptors (Lipinski definition) is 5. The number of hydrogen-bond donors (Lipinski definition) is 1. The number of rotatable bonds is 7. The molecule has 0 aliphatic carbocycles. The molecule has 2 heterocycles. The summed E-state index contributed by atoms with van der Waals surface area (Å²) in [4.78, 5) is 32.0. The monoisotopic (exact) mass is 456 g/mol. The first-order valence-electron chi connectivity index (χ1n) is 11.4. The van der Waals surface area contributed by atoms with E-state index in [2.05, 4.69) is 18.8 Å². The van der Waals surface area contributed by atoms with Crippen LogP contribution in [0.25, 0.3) is 5.76 Å². The van der Waals surface area contributed by atoms with E-state index in [-0.39, 0.29) is 17.9 Å². The van der Waals surface area contributed by atoms with Crippen LogP contribution in [0.4, 0.5) is 0 Å². The van der Waals surface area contributed by atoms with E-state index >= 15 is 0 Å². The number of Topliss-reactive ketones (excluding diaryl/α,β-unsaturated/α-hetero) is 1. The lowest BCUT2D eigenvalue weighted by atomic mass is 9.93. The minimum Gasteiger partial charge on any atom is -0.507 e. The third-order valence-electron chi connectivity index (χ3n) is 5.97. The van der Waals surface area contributed by atoms with E-state index in [1.165, 1.54) is 4.90 Å². The van der Waals surface area contributed by atoms with Gasteiger partial charge in [0, 0.05) is 24.5 Å². The van der Waals surface area contributed by atoms with Crippen molar-refractivity contribution in [2.24, 2.45) is 0 Å². The number of aromatic nitrogens is 1. The van der Waals surface area contributed by atoms with Crippen LogP contribution in [0.1, 0.15) is 55.0 Å². The van der Waals surface area contributed by atoms with Crippen molar-refractivity contribution in [3.8, 4) is 5.75 Å². The fourth-order valence-corrected chi connectivity index (χ4v) is 4.17. The van der Waals surface area contributed by atoms with Crippen LogP contribution in [-0.4, -0.2) is 33.3 Å². The molecule has 0 bridgehead atoms. The first kappa shape index (κ1) is 23.2. The van der Waals surface area contributed by atoms with Gasteiger partial charge in [-0.05, 0) is 59.9 Å². The average Bonchev–Trinajstić information content (AvgIpc) is 3.10. The van der Waals surface area contributed by atoms with Crippen molar-refractivity contribution in [3.63, 3.8) is 0 Å². The third kappa shape index (κ3) is 4.57. The number of likely N-dealkylation sites (tertiary alicyclic amines) is 1. The van der Waals surface area contributed by atoms with Crippen LogP contribution in [0.15, 0.2) is 78.6 Å². The second-order valence-corrected chi connectivity index (χ2v) is 8.57. The number of ketones is 1. The van der Waals surface area contributed by atoms with Crippen molar-refractivity contribution in [1.82, 2.24) is 9.88 Å². The van der Waals surface area contributed by atoms with Crippen LogP contribution in [0.2, 0.25) is 0 Å². The average molecular weight is 457 g/mol. The molecule has 1 amide bonds. The molecule has 174 valence electrons. The zero-order valence-corrected chi connectivity index (χ0v) is 19.6. The molecule has 1 N–H and O–H groups in total. The zero-order valence-electron chi connectivity index (χ0n) is 19.6. The maximum atomic E-state index is 13.2. The molecule has 1 saturated heterocycles. The highest BCUT2D eigenvalue weighted by Gasteiger charge is 2.46. The molecule has 6 nitrogen and oxygen atoms in total. The number of carbonyl (C=O) groups is 2. The summed E-state index contributed by atoms with van der Waals surface area (Å²) in [6.07, 6.45) is 3.33. The van der Waals surface area contributed by atoms with Crippen LogP contribution in [0.5, 0.6) is 5.75 Å². The van der Waals surface area contributed by atoms with Gasteiger partial charge < -0.3 is 14.7 Å². The lowest BCUT2D eigenvalue weighted by Crippen LogP contribution is -2.29. The van der Waals surface area contributed by atoms with Crippen molar-refractivity contribution in [3.05, 3.63) is 101 Å². The van der Waals surface area contributed by atoms with Gasteiger partial charge in [-0.3, -0.25) is 14.6 Å². The van der Waals surface area contributed by atoms with Crippen LogP contribution in [-0.2, 0) is 16.1 Å². The smallest absolute Gasteiger partial charge is 0.295 e. The Kier molecular flexibility index (Phi) is 6.77. The van der Waals surface area contributed by atoms with Crippen molar-refractivity contribution in [2.75, 3.05) is 6.61 Å². The van der Waals surface area contributed by atoms with Gasteiger partial charge in [0.25, 0.3) is 11.7 Å². The highest BCUT2D eigenvalue weighted by Crippen LogP contribution is 2.40. The Morgan fingerprint density at radius 3 is 2.35 bits per heavy atom. The van der Waals surface area contributed by atoms with Crippen molar-refractivity contribution in [2.45, 2.75) is 39.3 Å². The lowest BCUT2D eigenvalue weighted by molar-refractivity contribution is -0.140. The molecule has 0 saturated carbocycles. The van der Waals surface area contributed by atoms with E-state index in [4.69, 9.17) is 4.74 Å². The molecule has 2 aromatic carbocycles. The van der Waals surface area contributed by atoms with Crippen LogP contribution in [0, 0.1) is 0 Å². The lowest BCUT2D eigenvalue weighted by Gasteiger charge is -2.25. The number of aliphatic hydroxyl groups excluding tert-OH is 1. The Morgan fingerprint density at radius 2 is 1.76 bits per heavy atom. The van der Waals surface area contributed by atoms with Gasteiger partial charge in [-0.25, -0.2) is 0 Å². The minimum absolute atomic E-state index is 0.0790. The third-order valence-corrected chi connectivity index (χ3v) is 5.97. The summed E-state index contributed by atoms with van der Waals surface area (Å²) in [5.74, 6) is -0.535. The first-order valence-corrected chi connectivity index (χ1v) is 11.4. The van der Waals surface area contributed by atoms with Gasteiger partial charge in [-0.1, -0.05) is 44.2 Å². The quantitative estimate of drug-likeness (QED) is 0.299. The number of ether oxygens (including phenoxy) is 1. The second-order valence-electron chi connectivity index (χ2n) is 8.57. The largest absolute Gasteiger partial charge is 0.507 e. The SMILES string of the molecule is CCOc1ccc(C(O)=C2C(=O)C(=O)N(Cc3cccnc3)C2c2ccc(C(C)C)cc2)cc1. The summed E-state index contributed by atoms with van der Waals surface area (Å²) >= 11 is 0. The fraction of sp³-hybridized carbons (Fsp3) is 0.250. The Labute approximate surface area is 199 Å². The Morgan fingerprint density at radius 1 is 1.06 bits per heavy atom. The topological polar surface area (TPSA) is 79.7 Å². The summed E-state index contributed by atoms with van der Waals surface area (Å²) in [5.41, 5.74) is 3.25. The highest BCUT2D eigenvalue weighted by molar-refractivity contribution is 6.46. The normalized spacial score (nSPS) is 17.4. The van der Waals surface area contributed by atoms with E-state index in [0.717, 1.165) is 16.7 Å². The molecule has 1 atom stereocenters. The number of amides is 1. The number of pyridine rings is 1. The van der Waals surface area contributed by atoms with Crippen molar-refractivity contribution < 1.29 is 19.4 Å². The molecule has 0 radical (unpaired) electrons. The fourth-order valence-electron chi connectivity index (χ4n) is 4.17. The van der Waals surface area contributed by atoms with Gasteiger partial charge in [-0.15, -0.1) is 0 Å². The molecule has 1 fully saturated rings. The van der Waals surface area contributed by atoms with E-state index in [1.54, 1.807) is 42.7 Å². The van der Waals surface area contributed by atoms with E-state index in [0.29, 0.717) is 23.8 Å². The molecule has 4 rings (SSSR count). The van der Waals surface area contributed by atoms with Gasteiger partial charge in [0.1, 0.15) is 11.5 Å².